The number of aliphatic hydroxyl groups is 1. The quantitative estimate of drug-likeness (QED) is 0.467. The molecule has 2 aromatic heterocycles. The third-order valence-electron chi connectivity index (χ3n) is 3.55. The van der Waals surface area contributed by atoms with Crippen LogP contribution in [0.5, 0.6) is 0 Å². The third kappa shape index (κ3) is 4.53. The van der Waals surface area contributed by atoms with E-state index in [2.05, 4.69) is 31.7 Å². The van der Waals surface area contributed by atoms with E-state index in [-0.39, 0.29) is 17.2 Å². The zero-order valence-corrected chi connectivity index (χ0v) is 17.1. The van der Waals surface area contributed by atoms with Crippen LogP contribution in [0.25, 0.3) is 5.65 Å². The number of hydrogen-bond donors (Lipinski definition) is 3. The second kappa shape index (κ2) is 8.45. The molecule has 7 nitrogen and oxygen atoms in total. The van der Waals surface area contributed by atoms with Crippen LogP contribution >= 0.6 is 39.1 Å². The fraction of sp³-hybridized carbons (Fsp3) is 0.176. The molecule has 27 heavy (non-hydrogen) atoms. The third-order valence-corrected chi connectivity index (χ3v) is 4.71. The Morgan fingerprint density at radius 2 is 2.22 bits per heavy atom. The summed E-state index contributed by atoms with van der Waals surface area (Å²) in [6.07, 6.45) is 4.10. The van der Waals surface area contributed by atoms with Gasteiger partial charge >= 0.3 is 0 Å². The van der Waals surface area contributed by atoms with Crippen LogP contribution in [-0.4, -0.2) is 33.1 Å². The van der Waals surface area contributed by atoms with Crippen LogP contribution in [0.3, 0.4) is 0 Å². The number of carbonyl (C=O) groups excluding carboxylic acids is 1. The first-order chi connectivity index (χ1) is 12.9. The van der Waals surface area contributed by atoms with Gasteiger partial charge in [-0.1, -0.05) is 39.1 Å². The van der Waals surface area contributed by atoms with Crippen molar-refractivity contribution in [3.63, 3.8) is 0 Å². The monoisotopic (exact) mass is 472 g/mol. The molecule has 3 rings (SSSR count). The lowest BCUT2D eigenvalue weighted by Gasteiger charge is -2.16. The number of nitrogens with one attached hydrogen (secondary N) is 2. The van der Waals surface area contributed by atoms with E-state index in [4.69, 9.17) is 28.0 Å². The van der Waals surface area contributed by atoms with Gasteiger partial charge in [0, 0.05) is 23.1 Å². The molecule has 0 bridgehead atoms. The number of benzene rings is 1. The molecule has 1 amide bonds. The number of hydrogen-bond acceptors (Lipinski definition) is 5. The van der Waals surface area contributed by atoms with Crippen molar-refractivity contribution < 1.29 is 14.7 Å². The number of halogens is 3. The number of pyridine rings is 1. The lowest BCUT2D eigenvalue weighted by Crippen LogP contribution is -2.28. The Balaban J connectivity index is 2.00. The van der Waals surface area contributed by atoms with Crippen molar-refractivity contribution >= 4 is 62.1 Å². The average Bonchev–Trinajstić information content (AvgIpc) is 3.07. The van der Waals surface area contributed by atoms with Gasteiger partial charge in [-0.2, -0.15) is 0 Å². The summed E-state index contributed by atoms with van der Waals surface area (Å²) in [5.74, 6) is -0.538. The average molecular weight is 474 g/mol. The Hall–Kier alpha value is -1.84. The molecule has 0 spiro atoms. The Kier molecular flexibility index (Phi) is 6.23. The molecule has 0 aliphatic heterocycles. The van der Waals surface area contributed by atoms with E-state index in [1.54, 1.807) is 42.0 Å². The van der Waals surface area contributed by atoms with Crippen molar-refractivity contribution in [2.24, 2.45) is 0 Å². The minimum Gasteiger partial charge on any atom is -0.391 e. The SMILES string of the molecule is C[C@H](O)CONC(=O)c1cn2ccnc2c(Cl)c1Nc1ccc(Br)cc1Cl. The molecule has 0 fully saturated rings. The molecule has 3 N–H and O–H groups in total. The predicted octanol–water partition coefficient (Wildman–Crippen LogP) is 4.19. The summed E-state index contributed by atoms with van der Waals surface area (Å²) in [7, 11) is 0. The molecular formula is C17H15BrCl2N4O3. The smallest absolute Gasteiger partial charge is 0.278 e. The van der Waals surface area contributed by atoms with E-state index in [9.17, 15) is 9.90 Å². The van der Waals surface area contributed by atoms with Gasteiger partial charge < -0.3 is 14.8 Å². The number of fused-ring (bicyclic) bond motifs is 1. The van der Waals surface area contributed by atoms with E-state index in [1.807, 2.05) is 6.07 Å². The second-order valence-electron chi connectivity index (χ2n) is 5.73. The molecule has 3 aromatic rings. The van der Waals surface area contributed by atoms with E-state index in [0.717, 1.165) is 4.47 Å². The van der Waals surface area contributed by atoms with Gasteiger partial charge in [-0.15, -0.1) is 0 Å². The number of rotatable bonds is 6. The fourth-order valence-electron chi connectivity index (χ4n) is 2.32. The molecule has 0 unspecified atom stereocenters. The maximum atomic E-state index is 12.6. The Morgan fingerprint density at radius 3 is 2.93 bits per heavy atom. The van der Waals surface area contributed by atoms with Crippen molar-refractivity contribution in [2.75, 3.05) is 11.9 Å². The lowest BCUT2D eigenvalue weighted by atomic mass is 10.2. The molecule has 0 aliphatic rings. The van der Waals surface area contributed by atoms with Gasteiger partial charge in [0.1, 0.15) is 11.6 Å². The van der Waals surface area contributed by atoms with Crippen LogP contribution in [0.15, 0.2) is 41.3 Å². The van der Waals surface area contributed by atoms with Crippen LogP contribution in [0.2, 0.25) is 10.0 Å². The highest BCUT2D eigenvalue weighted by Crippen LogP contribution is 2.35. The lowest BCUT2D eigenvalue weighted by molar-refractivity contribution is -0.00684. The van der Waals surface area contributed by atoms with Crippen molar-refractivity contribution in [1.29, 1.82) is 0 Å². The number of aromatic nitrogens is 2. The summed E-state index contributed by atoms with van der Waals surface area (Å²) in [5.41, 5.74) is 3.89. The topological polar surface area (TPSA) is 87.9 Å². The van der Waals surface area contributed by atoms with Gasteiger partial charge in [0.25, 0.3) is 5.91 Å². The summed E-state index contributed by atoms with van der Waals surface area (Å²) in [6, 6.07) is 5.28. The molecule has 0 saturated heterocycles. The molecule has 0 radical (unpaired) electrons. The van der Waals surface area contributed by atoms with E-state index in [1.165, 1.54) is 0 Å². The summed E-state index contributed by atoms with van der Waals surface area (Å²) in [5, 5.41) is 13.0. The summed E-state index contributed by atoms with van der Waals surface area (Å²) >= 11 is 16.1. The molecular weight excluding hydrogens is 459 g/mol. The van der Waals surface area contributed by atoms with Crippen molar-refractivity contribution in [1.82, 2.24) is 14.9 Å². The minimum absolute atomic E-state index is 0.0475. The molecule has 1 aromatic carbocycles. The number of imidazole rings is 1. The zero-order valence-electron chi connectivity index (χ0n) is 14.0. The number of nitrogens with zero attached hydrogens (tertiary/aromatic N) is 2. The first kappa shape index (κ1) is 19.9. The van der Waals surface area contributed by atoms with Gasteiger partial charge in [-0.25, -0.2) is 10.5 Å². The number of amides is 1. The second-order valence-corrected chi connectivity index (χ2v) is 7.43. The van der Waals surface area contributed by atoms with Crippen LogP contribution in [-0.2, 0) is 4.84 Å². The molecule has 2 heterocycles. The van der Waals surface area contributed by atoms with Gasteiger partial charge in [-0.3, -0.25) is 9.63 Å². The Bertz CT molecular complexity index is 994. The van der Waals surface area contributed by atoms with Crippen LogP contribution in [0, 0.1) is 0 Å². The van der Waals surface area contributed by atoms with Gasteiger partial charge in [0.15, 0.2) is 5.65 Å². The predicted molar refractivity (Wildman–Crippen MR) is 108 cm³/mol. The maximum Gasteiger partial charge on any atom is 0.278 e. The Labute approximate surface area is 173 Å². The molecule has 10 heteroatoms. The highest BCUT2D eigenvalue weighted by atomic mass is 79.9. The van der Waals surface area contributed by atoms with Crippen molar-refractivity contribution in [3.8, 4) is 0 Å². The first-order valence-corrected chi connectivity index (χ1v) is 9.39. The Morgan fingerprint density at radius 1 is 1.44 bits per heavy atom. The van der Waals surface area contributed by atoms with E-state index < -0.39 is 12.0 Å². The van der Waals surface area contributed by atoms with E-state index >= 15 is 0 Å². The van der Waals surface area contributed by atoms with Gasteiger partial charge in [0.05, 0.1) is 28.1 Å². The highest BCUT2D eigenvalue weighted by molar-refractivity contribution is 9.10. The number of hydroxylamine groups is 1. The summed E-state index contributed by atoms with van der Waals surface area (Å²) < 4.78 is 2.44. The number of anilines is 2. The van der Waals surface area contributed by atoms with Crippen LogP contribution < -0.4 is 10.8 Å². The van der Waals surface area contributed by atoms with Crippen molar-refractivity contribution in [2.45, 2.75) is 13.0 Å². The minimum atomic E-state index is -0.718. The fourth-order valence-corrected chi connectivity index (χ4v) is 3.34. The van der Waals surface area contributed by atoms with Crippen LogP contribution in [0.4, 0.5) is 11.4 Å². The van der Waals surface area contributed by atoms with E-state index in [0.29, 0.717) is 22.0 Å². The number of carbonyl (C=O) groups is 1. The molecule has 0 saturated carbocycles. The summed E-state index contributed by atoms with van der Waals surface area (Å²) in [4.78, 5) is 21.8. The highest BCUT2D eigenvalue weighted by Gasteiger charge is 2.20. The maximum absolute atomic E-state index is 12.6. The van der Waals surface area contributed by atoms with Crippen molar-refractivity contribution in [3.05, 3.63) is 56.9 Å². The standard InChI is InChI=1S/C17H15BrCl2N4O3/c1-9(25)8-27-23-17(26)11-7-24-5-4-21-16(24)14(20)15(11)22-13-3-2-10(18)6-12(13)19/h2-7,9,22,25H,8H2,1H3,(H,23,26)/t9-/m0/s1. The molecule has 142 valence electrons. The number of aliphatic hydroxyl groups excluding tert-OH is 1. The largest absolute Gasteiger partial charge is 0.391 e. The van der Waals surface area contributed by atoms with Gasteiger partial charge in [0.2, 0.25) is 0 Å². The zero-order chi connectivity index (χ0) is 19.6. The summed E-state index contributed by atoms with van der Waals surface area (Å²) in [6.45, 7) is 1.50. The first-order valence-electron chi connectivity index (χ1n) is 7.84. The normalized spacial score (nSPS) is 12.2. The van der Waals surface area contributed by atoms with Crippen LogP contribution in [0.1, 0.15) is 17.3 Å². The molecule has 1 atom stereocenters. The molecule has 0 aliphatic carbocycles. The van der Waals surface area contributed by atoms with Gasteiger partial charge in [-0.05, 0) is 25.1 Å².